The fourth-order valence-electron chi connectivity index (χ4n) is 2.80. The Morgan fingerprint density at radius 1 is 1.22 bits per heavy atom. The zero-order chi connectivity index (χ0) is 12.8. The van der Waals surface area contributed by atoms with Crippen LogP contribution < -0.4 is 4.90 Å². The molecule has 2 aliphatic rings. The van der Waals surface area contributed by atoms with Crippen molar-refractivity contribution >= 4 is 11.7 Å². The molecule has 18 heavy (non-hydrogen) atoms. The van der Waals surface area contributed by atoms with Crippen molar-refractivity contribution in [2.45, 2.75) is 31.1 Å². The summed E-state index contributed by atoms with van der Waals surface area (Å²) in [6, 6.07) is 5.37. The van der Waals surface area contributed by atoms with E-state index in [1.54, 1.807) is 6.07 Å². The Morgan fingerprint density at radius 3 is 2.44 bits per heavy atom. The number of phenols is 1. The van der Waals surface area contributed by atoms with Crippen molar-refractivity contribution in [3.05, 3.63) is 23.8 Å². The number of carboxylic acid groups (broad SMARTS) is 1. The second-order valence-electron chi connectivity index (χ2n) is 5.28. The van der Waals surface area contributed by atoms with Crippen LogP contribution in [0.2, 0.25) is 0 Å². The van der Waals surface area contributed by atoms with Crippen LogP contribution in [0.3, 0.4) is 0 Å². The fraction of sp³-hybridized carbons (Fsp3) is 0.500. The van der Waals surface area contributed by atoms with Crippen molar-refractivity contribution in [2.24, 2.45) is 0 Å². The third-order valence-corrected chi connectivity index (χ3v) is 4.13. The lowest BCUT2D eigenvalue weighted by Gasteiger charge is -2.20. The van der Waals surface area contributed by atoms with E-state index in [-0.39, 0.29) is 5.75 Å². The summed E-state index contributed by atoms with van der Waals surface area (Å²) in [4.78, 5) is 13.6. The van der Waals surface area contributed by atoms with E-state index in [9.17, 15) is 15.0 Å². The molecule has 0 amide bonds. The molecule has 1 saturated carbocycles. The average Bonchev–Trinajstić information content (AvgIpc) is 2.98. The molecule has 1 aliphatic carbocycles. The molecule has 3 rings (SSSR count). The molecule has 4 nitrogen and oxygen atoms in total. The smallest absolute Gasteiger partial charge is 0.314 e. The van der Waals surface area contributed by atoms with Crippen molar-refractivity contribution in [3.8, 4) is 5.75 Å². The summed E-state index contributed by atoms with van der Waals surface area (Å²) in [7, 11) is 0. The summed E-state index contributed by atoms with van der Waals surface area (Å²) in [5.74, 6) is -0.714. The molecule has 2 fully saturated rings. The SMILES string of the molecule is O=C(O)C1(c2cc(N3CCCC3)ccc2O)CC1. The Balaban J connectivity index is 1.99. The molecule has 0 aromatic heterocycles. The first kappa shape index (κ1) is 11.4. The molecule has 1 aromatic rings. The van der Waals surface area contributed by atoms with Gasteiger partial charge in [0.05, 0.1) is 5.41 Å². The molecular formula is C14H17NO3. The molecule has 4 heteroatoms. The van der Waals surface area contributed by atoms with E-state index < -0.39 is 11.4 Å². The van der Waals surface area contributed by atoms with Crippen LogP contribution >= 0.6 is 0 Å². The molecule has 96 valence electrons. The van der Waals surface area contributed by atoms with Gasteiger partial charge in [-0.1, -0.05) is 0 Å². The van der Waals surface area contributed by atoms with Crippen LogP contribution in [0.1, 0.15) is 31.2 Å². The molecule has 0 radical (unpaired) electrons. The van der Waals surface area contributed by atoms with Crippen molar-refractivity contribution < 1.29 is 15.0 Å². The maximum absolute atomic E-state index is 11.3. The zero-order valence-corrected chi connectivity index (χ0v) is 10.2. The summed E-state index contributed by atoms with van der Waals surface area (Å²) in [5.41, 5.74) is 0.784. The summed E-state index contributed by atoms with van der Waals surface area (Å²) in [5, 5.41) is 19.2. The number of phenolic OH excluding ortho intramolecular Hbond substituents is 1. The highest BCUT2D eigenvalue weighted by atomic mass is 16.4. The molecule has 0 spiro atoms. The Labute approximate surface area is 106 Å². The van der Waals surface area contributed by atoms with Gasteiger partial charge in [-0.05, 0) is 43.9 Å². The van der Waals surface area contributed by atoms with Crippen LogP contribution in [-0.2, 0) is 10.2 Å². The maximum Gasteiger partial charge on any atom is 0.314 e. The zero-order valence-electron chi connectivity index (χ0n) is 10.2. The predicted octanol–water partition coefficient (Wildman–Crippen LogP) is 2.11. The molecule has 0 unspecified atom stereocenters. The fourth-order valence-corrected chi connectivity index (χ4v) is 2.80. The van der Waals surface area contributed by atoms with E-state index in [4.69, 9.17) is 0 Å². The van der Waals surface area contributed by atoms with Gasteiger partial charge < -0.3 is 15.1 Å². The van der Waals surface area contributed by atoms with E-state index in [0.717, 1.165) is 18.8 Å². The largest absolute Gasteiger partial charge is 0.508 e. The summed E-state index contributed by atoms with van der Waals surface area (Å²) in [6.45, 7) is 2.04. The molecule has 0 bridgehead atoms. The number of aromatic hydroxyl groups is 1. The number of carbonyl (C=O) groups is 1. The predicted molar refractivity (Wildman–Crippen MR) is 68.1 cm³/mol. The lowest BCUT2D eigenvalue weighted by atomic mass is 9.94. The van der Waals surface area contributed by atoms with Crippen LogP contribution in [0.4, 0.5) is 5.69 Å². The van der Waals surface area contributed by atoms with Gasteiger partial charge in [-0.3, -0.25) is 4.79 Å². The van der Waals surface area contributed by atoms with Gasteiger partial charge in [0.25, 0.3) is 0 Å². The van der Waals surface area contributed by atoms with Crippen LogP contribution in [-0.4, -0.2) is 29.3 Å². The Kier molecular flexibility index (Phi) is 2.47. The van der Waals surface area contributed by atoms with Gasteiger partial charge in [0.1, 0.15) is 5.75 Å². The molecule has 1 heterocycles. The lowest BCUT2D eigenvalue weighted by Crippen LogP contribution is -2.22. The number of aliphatic carboxylic acids is 1. The van der Waals surface area contributed by atoms with Crippen LogP contribution in [0, 0.1) is 0 Å². The quantitative estimate of drug-likeness (QED) is 0.858. The molecule has 2 N–H and O–H groups in total. The van der Waals surface area contributed by atoms with E-state index in [0.29, 0.717) is 18.4 Å². The number of nitrogens with zero attached hydrogens (tertiary/aromatic N) is 1. The van der Waals surface area contributed by atoms with Gasteiger partial charge in [0.2, 0.25) is 0 Å². The van der Waals surface area contributed by atoms with E-state index in [2.05, 4.69) is 4.90 Å². The average molecular weight is 247 g/mol. The van der Waals surface area contributed by atoms with Crippen molar-refractivity contribution in [2.75, 3.05) is 18.0 Å². The second kappa shape index (κ2) is 3.90. The van der Waals surface area contributed by atoms with Crippen molar-refractivity contribution in [1.82, 2.24) is 0 Å². The van der Waals surface area contributed by atoms with Gasteiger partial charge in [-0.15, -0.1) is 0 Å². The molecule has 1 saturated heterocycles. The minimum atomic E-state index is -0.834. The van der Waals surface area contributed by atoms with E-state index >= 15 is 0 Å². The third kappa shape index (κ3) is 1.64. The monoisotopic (exact) mass is 247 g/mol. The van der Waals surface area contributed by atoms with E-state index in [1.165, 1.54) is 12.8 Å². The van der Waals surface area contributed by atoms with Gasteiger partial charge in [0, 0.05) is 24.3 Å². The van der Waals surface area contributed by atoms with Gasteiger partial charge in [-0.25, -0.2) is 0 Å². The van der Waals surface area contributed by atoms with Gasteiger partial charge in [-0.2, -0.15) is 0 Å². The molecular weight excluding hydrogens is 230 g/mol. The maximum atomic E-state index is 11.3. The van der Waals surface area contributed by atoms with Crippen LogP contribution in [0.5, 0.6) is 5.75 Å². The third-order valence-electron chi connectivity index (χ3n) is 4.13. The van der Waals surface area contributed by atoms with Crippen molar-refractivity contribution in [1.29, 1.82) is 0 Å². The van der Waals surface area contributed by atoms with Gasteiger partial charge in [0.15, 0.2) is 0 Å². The first-order valence-corrected chi connectivity index (χ1v) is 6.45. The van der Waals surface area contributed by atoms with Crippen LogP contribution in [0.25, 0.3) is 0 Å². The topological polar surface area (TPSA) is 60.8 Å². The second-order valence-corrected chi connectivity index (χ2v) is 5.28. The Morgan fingerprint density at radius 2 is 1.89 bits per heavy atom. The summed E-state index contributed by atoms with van der Waals surface area (Å²) >= 11 is 0. The highest BCUT2D eigenvalue weighted by Crippen LogP contribution is 2.52. The Hall–Kier alpha value is -1.71. The van der Waals surface area contributed by atoms with E-state index in [1.807, 2.05) is 12.1 Å². The normalized spacial score (nSPS) is 21.0. The minimum Gasteiger partial charge on any atom is -0.508 e. The number of hydrogen-bond acceptors (Lipinski definition) is 3. The summed E-state index contributed by atoms with van der Waals surface area (Å²) < 4.78 is 0. The first-order chi connectivity index (χ1) is 8.63. The number of anilines is 1. The minimum absolute atomic E-state index is 0.109. The van der Waals surface area contributed by atoms with Crippen LogP contribution in [0.15, 0.2) is 18.2 Å². The lowest BCUT2D eigenvalue weighted by molar-refractivity contribution is -0.140. The first-order valence-electron chi connectivity index (χ1n) is 6.45. The van der Waals surface area contributed by atoms with Gasteiger partial charge >= 0.3 is 5.97 Å². The van der Waals surface area contributed by atoms with Crippen molar-refractivity contribution in [3.63, 3.8) is 0 Å². The highest BCUT2D eigenvalue weighted by molar-refractivity contribution is 5.86. The number of carboxylic acids is 1. The number of rotatable bonds is 3. The Bertz CT molecular complexity index is 488. The standard InChI is InChI=1S/C14H17NO3/c16-12-4-3-10(15-7-1-2-8-15)9-11(12)14(5-6-14)13(17)18/h3-4,9,16H,1-2,5-8H2,(H,17,18). The highest BCUT2D eigenvalue weighted by Gasteiger charge is 2.53. The number of benzene rings is 1. The number of hydrogen-bond donors (Lipinski definition) is 2. The molecule has 1 aromatic carbocycles. The molecule has 0 atom stereocenters. The molecule has 1 aliphatic heterocycles. The summed E-state index contributed by atoms with van der Waals surface area (Å²) in [6.07, 6.45) is 3.61.